The fourth-order valence-electron chi connectivity index (χ4n) is 4.55. The molecule has 0 aliphatic heterocycles. The van der Waals surface area contributed by atoms with E-state index in [1.165, 1.54) is 25.7 Å². The lowest BCUT2D eigenvalue weighted by Crippen LogP contribution is -2.50. The Balaban J connectivity index is 2.34. The maximum absolute atomic E-state index is 12.3. The number of Topliss-reactive ketones (excluding diaryl/α,β-unsaturated/α-hetero) is 1. The van der Waals surface area contributed by atoms with E-state index in [9.17, 15) is 4.79 Å². The van der Waals surface area contributed by atoms with Crippen LogP contribution in [0, 0.1) is 22.7 Å². The molecule has 1 heteroatoms. The van der Waals surface area contributed by atoms with Gasteiger partial charge < -0.3 is 0 Å². The standard InChI is InChI=1S/C14H24O/c1-10-8-11(15)12-13(2,3)6-5-7-14(12,4)9-10/h10,12H,5-9H2,1-4H3/t10-,12?,14+/m0/s1. The van der Waals surface area contributed by atoms with Gasteiger partial charge in [0.2, 0.25) is 0 Å². The predicted molar refractivity (Wildman–Crippen MR) is 62.6 cm³/mol. The zero-order chi connectivity index (χ0) is 11.3. The van der Waals surface area contributed by atoms with Crippen LogP contribution in [0.1, 0.15) is 59.8 Å². The lowest BCUT2D eigenvalue weighted by Gasteiger charge is -2.53. The summed E-state index contributed by atoms with van der Waals surface area (Å²) < 4.78 is 0. The lowest BCUT2D eigenvalue weighted by molar-refractivity contribution is -0.144. The molecule has 0 spiro atoms. The van der Waals surface area contributed by atoms with Gasteiger partial charge in [0.1, 0.15) is 5.78 Å². The summed E-state index contributed by atoms with van der Waals surface area (Å²) in [5.41, 5.74) is 0.542. The van der Waals surface area contributed by atoms with Crippen LogP contribution in [0.3, 0.4) is 0 Å². The molecule has 2 aliphatic carbocycles. The highest BCUT2D eigenvalue weighted by atomic mass is 16.1. The molecule has 0 heterocycles. The molecule has 3 atom stereocenters. The molecule has 0 radical (unpaired) electrons. The number of rotatable bonds is 0. The number of fused-ring (bicyclic) bond motifs is 1. The summed E-state index contributed by atoms with van der Waals surface area (Å²) in [4.78, 5) is 12.3. The van der Waals surface area contributed by atoms with Gasteiger partial charge in [-0.1, -0.05) is 34.1 Å². The first-order valence-corrected chi connectivity index (χ1v) is 6.38. The summed E-state index contributed by atoms with van der Waals surface area (Å²) in [6, 6.07) is 0. The van der Waals surface area contributed by atoms with Crippen molar-refractivity contribution in [2.75, 3.05) is 0 Å². The minimum atomic E-state index is 0.240. The summed E-state index contributed by atoms with van der Waals surface area (Å²) >= 11 is 0. The first-order valence-electron chi connectivity index (χ1n) is 6.38. The summed E-state index contributed by atoms with van der Waals surface area (Å²) in [6.07, 6.45) is 5.88. The van der Waals surface area contributed by atoms with E-state index in [0.717, 1.165) is 6.42 Å². The van der Waals surface area contributed by atoms with Crippen LogP contribution in [0.4, 0.5) is 0 Å². The first kappa shape index (κ1) is 11.2. The second-order valence-corrected chi connectivity index (χ2v) is 6.91. The van der Waals surface area contributed by atoms with Crippen LogP contribution in [0.5, 0.6) is 0 Å². The average molecular weight is 208 g/mol. The van der Waals surface area contributed by atoms with E-state index in [0.29, 0.717) is 23.0 Å². The van der Waals surface area contributed by atoms with E-state index in [-0.39, 0.29) is 5.41 Å². The Labute approximate surface area is 93.6 Å². The maximum atomic E-state index is 12.3. The molecule has 0 bridgehead atoms. The van der Waals surface area contributed by atoms with Gasteiger partial charge in [-0.25, -0.2) is 0 Å². The fourth-order valence-corrected chi connectivity index (χ4v) is 4.55. The normalized spacial score (nSPS) is 44.9. The van der Waals surface area contributed by atoms with Crippen molar-refractivity contribution in [3.05, 3.63) is 0 Å². The Morgan fingerprint density at radius 2 is 1.87 bits per heavy atom. The SMILES string of the molecule is C[C@H]1CC(=O)C2C(C)(C)CCC[C@]2(C)C1. The van der Waals surface area contributed by atoms with Gasteiger partial charge in [-0.05, 0) is 36.0 Å². The van der Waals surface area contributed by atoms with Gasteiger partial charge >= 0.3 is 0 Å². The smallest absolute Gasteiger partial charge is 0.137 e. The molecule has 0 saturated heterocycles. The van der Waals surface area contributed by atoms with E-state index in [1.807, 2.05) is 0 Å². The molecule has 0 N–H and O–H groups in total. The van der Waals surface area contributed by atoms with Crippen LogP contribution in [0.15, 0.2) is 0 Å². The Hall–Kier alpha value is -0.330. The fraction of sp³-hybridized carbons (Fsp3) is 0.929. The minimum absolute atomic E-state index is 0.240. The van der Waals surface area contributed by atoms with Gasteiger partial charge in [0, 0.05) is 12.3 Å². The summed E-state index contributed by atoms with van der Waals surface area (Å²) in [7, 11) is 0. The topological polar surface area (TPSA) is 17.1 Å². The third kappa shape index (κ3) is 1.74. The third-order valence-electron chi connectivity index (χ3n) is 4.73. The monoisotopic (exact) mass is 208 g/mol. The Bertz CT molecular complexity index is 279. The number of carbonyl (C=O) groups is 1. The highest BCUT2D eigenvalue weighted by Gasteiger charge is 2.52. The van der Waals surface area contributed by atoms with Crippen LogP contribution < -0.4 is 0 Å². The van der Waals surface area contributed by atoms with Gasteiger partial charge in [-0.3, -0.25) is 4.79 Å². The number of hydrogen-bond acceptors (Lipinski definition) is 1. The van der Waals surface area contributed by atoms with Crippen LogP contribution >= 0.6 is 0 Å². The van der Waals surface area contributed by atoms with E-state index >= 15 is 0 Å². The second kappa shape index (κ2) is 3.33. The molecule has 2 rings (SSSR count). The van der Waals surface area contributed by atoms with Crippen molar-refractivity contribution in [2.24, 2.45) is 22.7 Å². The molecule has 15 heavy (non-hydrogen) atoms. The molecule has 0 aromatic carbocycles. The molecule has 1 nitrogen and oxygen atoms in total. The van der Waals surface area contributed by atoms with Crippen molar-refractivity contribution in [2.45, 2.75) is 59.8 Å². The van der Waals surface area contributed by atoms with Crippen molar-refractivity contribution in [3.63, 3.8) is 0 Å². The van der Waals surface area contributed by atoms with Gasteiger partial charge in [0.05, 0.1) is 0 Å². The predicted octanol–water partition coefficient (Wildman–Crippen LogP) is 3.82. The zero-order valence-electron chi connectivity index (χ0n) is 10.6. The summed E-state index contributed by atoms with van der Waals surface area (Å²) in [5, 5.41) is 0. The van der Waals surface area contributed by atoms with Gasteiger partial charge in [-0.15, -0.1) is 0 Å². The molecule has 0 amide bonds. The van der Waals surface area contributed by atoms with E-state index in [1.54, 1.807) is 0 Å². The maximum Gasteiger partial charge on any atom is 0.137 e. The molecule has 2 saturated carbocycles. The quantitative estimate of drug-likeness (QED) is 0.591. The van der Waals surface area contributed by atoms with Crippen molar-refractivity contribution in [1.29, 1.82) is 0 Å². The summed E-state index contributed by atoms with van der Waals surface area (Å²) in [6.45, 7) is 9.18. The minimum Gasteiger partial charge on any atom is -0.299 e. The van der Waals surface area contributed by atoms with Crippen molar-refractivity contribution in [3.8, 4) is 0 Å². The summed E-state index contributed by atoms with van der Waals surface area (Å²) in [5.74, 6) is 1.48. The van der Waals surface area contributed by atoms with Crippen molar-refractivity contribution >= 4 is 5.78 Å². The number of hydrogen-bond donors (Lipinski definition) is 0. The first-order chi connectivity index (χ1) is 6.85. The van der Waals surface area contributed by atoms with Crippen LogP contribution in [-0.4, -0.2) is 5.78 Å². The van der Waals surface area contributed by atoms with E-state index in [4.69, 9.17) is 0 Å². The Kier molecular flexibility index (Phi) is 2.48. The molecular weight excluding hydrogens is 184 g/mol. The average Bonchev–Trinajstić information content (AvgIpc) is 1.97. The highest BCUT2D eigenvalue weighted by Crippen LogP contribution is 2.57. The van der Waals surface area contributed by atoms with Gasteiger partial charge in [0.25, 0.3) is 0 Å². The lowest BCUT2D eigenvalue weighted by atomic mass is 9.50. The molecule has 86 valence electrons. The van der Waals surface area contributed by atoms with E-state index < -0.39 is 0 Å². The Morgan fingerprint density at radius 1 is 1.20 bits per heavy atom. The van der Waals surface area contributed by atoms with Gasteiger partial charge in [-0.2, -0.15) is 0 Å². The number of carbonyl (C=O) groups excluding carboxylic acids is 1. The number of ketones is 1. The van der Waals surface area contributed by atoms with Gasteiger partial charge in [0.15, 0.2) is 0 Å². The molecule has 2 aliphatic rings. The van der Waals surface area contributed by atoms with Crippen LogP contribution in [-0.2, 0) is 4.79 Å². The molecular formula is C14H24O. The molecule has 0 aromatic rings. The van der Waals surface area contributed by atoms with Crippen molar-refractivity contribution < 1.29 is 4.79 Å². The largest absolute Gasteiger partial charge is 0.299 e. The molecule has 1 unspecified atom stereocenters. The third-order valence-corrected chi connectivity index (χ3v) is 4.73. The Morgan fingerprint density at radius 3 is 2.53 bits per heavy atom. The van der Waals surface area contributed by atoms with Crippen LogP contribution in [0.2, 0.25) is 0 Å². The molecule has 0 aromatic heterocycles. The zero-order valence-corrected chi connectivity index (χ0v) is 10.6. The molecule has 2 fully saturated rings. The van der Waals surface area contributed by atoms with Crippen molar-refractivity contribution in [1.82, 2.24) is 0 Å². The highest BCUT2D eigenvalue weighted by molar-refractivity contribution is 5.83. The van der Waals surface area contributed by atoms with E-state index in [2.05, 4.69) is 27.7 Å². The second-order valence-electron chi connectivity index (χ2n) is 6.91. The van der Waals surface area contributed by atoms with Crippen LogP contribution in [0.25, 0.3) is 0 Å².